The van der Waals surface area contributed by atoms with Crippen molar-refractivity contribution in [3.05, 3.63) is 39.4 Å². The Kier molecular flexibility index (Phi) is 3.78. The fourth-order valence-corrected chi connectivity index (χ4v) is 2.48. The summed E-state index contributed by atoms with van der Waals surface area (Å²) in [7, 11) is 0. The van der Waals surface area contributed by atoms with Crippen LogP contribution in [0.5, 0.6) is 0 Å². The first-order valence-corrected chi connectivity index (χ1v) is 6.39. The molecule has 0 aromatic carbocycles. The molecule has 0 spiro atoms. The normalized spacial score (nSPS) is 12.4. The summed E-state index contributed by atoms with van der Waals surface area (Å²) in [4.78, 5) is 12.5. The number of thiophene rings is 1. The molecule has 0 fully saturated rings. The maximum absolute atomic E-state index is 11.7. The van der Waals surface area contributed by atoms with Crippen LogP contribution in [0.3, 0.4) is 0 Å². The number of rotatable bonds is 4. The van der Waals surface area contributed by atoms with Gasteiger partial charge in [0.15, 0.2) is 5.69 Å². The minimum absolute atomic E-state index is 0.159. The van der Waals surface area contributed by atoms with E-state index in [4.69, 9.17) is 4.52 Å². The van der Waals surface area contributed by atoms with E-state index >= 15 is 0 Å². The number of aliphatic hydroxyl groups excluding tert-OH is 1. The molecule has 2 heterocycles. The third-order valence-corrected chi connectivity index (χ3v) is 3.64. The number of carbonyl (C=O) groups excluding carboxylic acids is 1. The van der Waals surface area contributed by atoms with Crippen molar-refractivity contribution in [3.8, 4) is 0 Å². The second-order valence-corrected chi connectivity index (χ2v) is 4.96. The lowest BCUT2D eigenvalue weighted by atomic mass is 10.2. The molecule has 5 nitrogen and oxygen atoms in total. The molecular weight excluding hydrogens is 252 g/mol. The van der Waals surface area contributed by atoms with Gasteiger partial charge in [-0.2, -0.15) is 0 Å². The van der Waals surface area contributed by atoms with E-state index in [2.05, 4.69) is 10.5 Å². The Hall–Kier alpha value is -1.66. The first kappa shape index (κ1) is 12.8. The standard InChI is InChI=1S/C12H14N2O3S/c1-7-3-4-18-11(7)10(15)6-13-12(16)9-5-8(2)17-14-9/h3-5,10,15H,6H2,1-2H3,(H,13,16)/t10-/m0/s1. The summed E-state index contributed by atoms with van der Waals surface area (Å²) < 4.78 is 4.81. The van der Waals surface area contributed by atoms with Gasteiger partial charge in [-0.25, -0.2) is 0 Å². The van der Waals surface area contributed by atoms with E-state index in [0.717, 1.165) is 10.4 Å². The largest absolute Gasteiger partial charge is 0.386 e. The monoisotopic (exact) mass is 266 g/mol. The van der Waals surface area contributed by atoms with Crippen molar-refractivity contribution in [2.45, 2.75) is 20.0 Å². The van der Waals surface area contributed by atoms with Crippen molar-refractivity contribution in [2.75, 3.05) is 6.54 Å². The zero-order valence-corrected chi connectivity index (χ0v) is 11.0. The van der Waals surface area contributed by atoms with E-state index in [-0.39, 0.29) is 18.1 Å². The Balaban J connectivity index is 1.92. The summed E-state index contributed by atoms with van der Waals surface area (Å²) in [6.07, 6.45) is -0.693. The Morgan fingerprint density at radius 1 is 1.61 bits per heavy atom. The van der Waals surface area contributed by atoms with Gasteiger partial charge in [0.25, 0.3) is 5.91 Å². The lowest BCUT2D eigenvalue weighted by Crippen LogP contribution is -2.28. The van der Waals surface area contributed by atoms with Gasteiger partial charge < -0.3 is 14.9 Å². The summed E-state index contributed by atoms with van der Waals surface area (Å²) in [5, 5.41) is 18.1. The minimum Gasteiger partial charge on any atom is -0.386 e. The van der Waals surface area contributed by atoms with Gasteiger partial charge >= 0.3 is 0 Å². The van der Waals surface area contributed by atoms with Crippen LogP contribution in [-0.4, -0.2) is 22.7 Å². The van der Waals surface area contributed by atoms with E-state index < -0.39 is 6.10 Å². The van der Waals surface area contributed by atoms with Crippen LogP contribution in [0.1, 0.15) is 32.8 Å². The van der Waals surface area contributed by atoms with E-state index in [1.54, 1.807) is 13.0 Å². The number of nitrogens with zero attached hydrogens (tertiary/aromatic N) is 1. The molecule has 2 aromatic heterocycles. The Bertz CT molecular complexity index is 547. The first-order valence-electron chi connectivity index (χ1n) is 5.51. The average Bonchev–Trinajstić information content (AvgIpc) is 2.94. The van der Waals surface area contributed by atoms with Gasteiger partial charge in [0, 0.05) is 17.5 Å². The molecular formula is C12H14N2O3S. The highest BCUT2D eigenvalue weighted by Crippen LogP contribution is 2.23. The van der Waals surface area contributed by atoms with E-state index in [1.807, 2.05) is 18.4 Å². The smallest absolute Gasteiger partial charge is 0.273 e. The zero-order valence-electron chi connectivity index (χ0n) is 10.1. The van der Waals surface area contributed by atoms with Crippen molar-refractivity contribution >= 4 is 17.2 Å². The second-order valence-electron chi connectivity index (χ2n) is 4.02. The molecule has 2 N–H and O–H groups in total. The van der Waals surface area contributed by atoms with E-state index in [1.165, 1.54) is 11.3 Å². The molecule has 0 saturated heterocycles. The molecule has 0 radical (unpaired) electrons. The maximum atomic E-state index is 11.7. The fraction of sp³-hybridized carbons (Fsp3) is 0.333. The molecule has 0 bridgehead atoms. The highest BCUT2D eigenvalue weighted by molar-refractivity contribution is 7.10. The average molecular weight is 266 g/mol. The van der Waals surface area contributed by atoms with Crippen molar-refractivity contribution < 1.29 is 14.4 Å². The number of aromatic nitrogens is 1. The van der Waals surface area contributed by atoms with Crippen LogP contribution in [0, 0.1) is 13.8 Å². The molecule has 96 valence electrons. The summed E-state index contributed by atoms with van der Waals surface area (Å²) in [5.74, 6) is 0.231. The van der Waals surface area contributed by atoms with Crippen LogP contribution in [-0.2, 0) is 0 Å². The fourth-order valence-electron chi connectivity index (χ4n) is 1.57. The molecule has 0 saturated carbocycles. The molecule has 1 amide bonds. The molecule has 2 rings (SSSR count). The predicted molar refractivity (Wildman–Crippen MR) is 67.6 cm³/mol. The number of amides is 1. The maximum Gasteiger partial charge on any atom is 0.273 e. The highest BCUT2D eigenvalue weighted by atomic mass is 32.1. The quantitative estimate of drug-likeness (QED) is 0.885. The van der Waals surface area contributed by atoms with Crippen LogP contribution < -0.4 is 5.32 Å². The summed E-state index contributed by atoms with van der Waals surface area (Å²) in [5.41, 5.74) is 1.25. The van der Waals surface area contributed by atoms with Gasteiger partial charge in [0.2, 0.25) is 0 Å². The molecule has 18 heavy (non-hydrogen) atoms. The van der Waals surface area contributed by atoms with Gasteiger partial charge in [-0.3, -0.25) is 4.79 Å². The van der Waals surface area contributed by atoms with E-state index in [0.29, 0.717) is 5.76 Å². The SMILES string of the molecule is Cc1cc(C(=O)NC[C@H](O)c2sccc2C)no1. The lowest BCUT2D eigenvalue weighted by molar-refractivity contribution is 0.0908. The van der Waals surface area contributed by atoms with Gasteiger partial charge in [0.1, 0.15) is 11.9 Å². The van der Waals surface area contributed by atoms with Gasteiger partial charge in [-0.1, -0.05) is 5.16 Å². The third kappa shape index (κ3) is 2.77. The molecule has 6 heteroatoms. The Morgan fingerprint density at radius 2 is 2.39 bits per heavy atom. The predicted octanol–water partition coefficient (Wildman–Crippen LogP) is 1.82. The van der Waals surface area contributed by atoms with Gasteiger partial charge in [-0.15, -0.1) is 11.3 Å². The van der Waals surface area contributed by atoms with Crippen molar-refractivity contribution in [3.63, 3.8) is 0 Å². The number of hydrogen-bond donors (Lipinski definition) is 2. The number of hydrogen-bond acceptors (Lipinski definition) is 5. The summed E-state index contributed by atoms with van der Waals surface area (Å²) in [6, 6.07) is 3.49. The molecule has 0 aliphatic heterocycles. The van der Waals surface area contributed by atoms with Crippen LogP contribution in [0.2, 0.25) is 0 Å². The van der Waals surface area contributed by atoms with Crippen LogP contribution in [0.25, 0.3) is 0 Å². The van der Waals surface area contributed by atoms with Crippen LogP contribution >= 0.6 is 11.3 Å². The molecule has 0 unspecified atom stereocenters. The van der Waals surface area contributed by atoms with Gasteiger partial charge in [-0.05, 0) is 30.9 Å². The number of aliphatic hydroxyl groups is 1. The van der Waals surface area contributed by atoms with Gasteiger partial charge in [0.05, 0.1) is 0 Å². The minimum atomic E-state index is -0.693. The van der Waals surface area contributed by atoms with Crippen molar-refractivity contribution in [2.24, 2.45) is 0 Å². The Labute approximate surface area is 108 Å². The number of aryl methyl sites for hydroxylation is 2. The second kappa shape index (κ2) is 5.32. The zero-order chi connectivity index (χ0) is 13.1. The van der Waals surface area contributed by atoms with Crippen molar-refractivity contribution in [1.82, 2.24) is 10.5 Å². The number of nitrogens with one attached hydrogen (secondary N) is 1. The third-order valence-electron chi connectivity index (χ3n) is 2.52. The summed E-state index contributed by atoms with van der Waals surface area (Å²) in [6.45, 7) is 3.80. The van der Waals surface area contributed by atoms with Crippen molar-refractivity contribution in [1.29, 1.82) is 0 Å². The molecule has 2 aromatic rings. The number of carbonyl (C=O) groups is 1. The van der Waals surface area contributed by atoms with Crippen LogP contribution in [0.15, 0.2) is 22.0 Å². The van der Waals surface area contributed by atoms with E-state index in [9.17, 15) is 9.90 Å². The Morgan fingerprint density at radius 3 is 2.94 bits per heavy atom. The topological polar surface area (TPSA) is 75.4 Å². The molecule has 1 atom stereocenters. The summed E-state index contributed by atoms with van der Waals surface area (Å²) >= 11 is 1.47. The molecule has 0 aliphatic rings. The molecule has 0 aliphatic carbocycles. The lowest BCUT2D eigenvalue weighted by Gasteiger charge is -2.10. The highest BCUT2D eigenvalue weighted by Gasteiger charge is 2.15. The van der Waals surface area contributed by atoms with Crippen LogP contribution in [0.4, 0.5) is 0 Å². The first-order chi connectivity index (χ1) is 8.58.